The third kappa shape index (κ3) is 4.52. The zero-order valence-corrected chi connectivity index (χ0v) is 40.3. The van der Waals surface area contributed by atoms with Crippen LogP contribution in [0.1, 0.15) is 177 Å². The van der Waals surface area contributed by atoms with Crippen molar-refractivity contribution in [3.63, 3.8) is 0 Å². The van der Waals surface area contributed by atoms with Crippen LogP contribution in [0.3, 0.4) is 0 Å². The third-order valence-electron chi connectivity index (χ3n) is 19.3. The maximum Gasteiger partial charge on any atom is 0.169 e. The highest BCUT2D eigenvalue weighted by Crippen LogP contribution is 2.59. The second kappa shape index (κ2) is 11.7. The van der Waals surface area contributed by atoms with Crippen LogP contribution in [0.25, 0.3) is 76.2 Å². The molecule has 0 atom stereocenters. The maximum atomic E-state index is 14.9. The fraction of sp³-hybridized carbons (Fsp3) is 0.467. The Morgan fingerprint density at radius 2 is 0.719 bits per heavy atom. The van der Waals surface area contributed by atoms with Crippen molar-refractivity contribution in [3.05, 3.63) is 94.0 Å². The first-order valence-corrected chi connectivity index (χ1v) is 24.7. The van der Waals surface area contributed by atoms with Crippen molar-refractivity contribution in [2.75, 3.05) is 0 Å². The molecule has 0 aliphatic heterocycles. The number of Topliss-reactive ketones (excluding diaryl/α,β-unsaturated/α-hetero) is 2. The zero-order valence-electron chi connectivity index (χ0n) is 40.3. The Morgan fingerprint density at radius 3 is 1.02 bits per heavy atom. The lowest BCUT2D eigenvalue weighted by molar-refractivity contribution is 0.0683. The van der Waals surface area contributed by atoms with Crippen molar-refractivity contribution in [1.29, 1.82) is 0 Å². The van der Waals surface area contributed by atoms with Gasteiger partial charge in [-0.1, -0.05) is 83.1 Å². The summed E-state index contributed by atoms with van der Waals surface area (Å²) in [5, 5.41) is 10.2. The third-order valence-corrected chi connectivity index (χ3v) is 19.3. The van der Waals surface area contributed by atoms with Crippen LogP contribution in [0.5, 0.6) is 0 Å². The number of fused-ring (bicyclic) bond motifs is 16. The Bertz CT molecular complexity index is 3350. The quantitative estimate of drug-likeness (QED) is 0.174. The molecule has 4 bridgehead atoms. The Balaban J connectivity index is 1.20. The van der Waals surface area contributed by atoms with E-state index in [9.17, 15) is 9.59 Å². The molecule has 0 unspecified atom stereocenters. The molecule has 9 aromatic rings. The second-order valence-electron chi connectivity index (χ2n) is 25.1. The lowest BCUT2D eigenvalue weighted by Gasteiger charge is -2.44. The van der Waals surface area contributed by atoms with E-state index in [1.807, 2.05) is 0 Å². The Kier molecular flexibility index (Phi) is 7.20. The minimum Gasteiger partial charge on any atom is -0.308 e. The van der Waals surface area contributed by atoms with Crippen LogP contribution in [0.4, 0.5) is 0 Å². The number of nitrogens with zero attached hydrogens (tertiary/aromatic N) is 2. The van der Waals surface area contributed by atoms with E-state index in [1.54, 1.807) is 0 Å². The molecule has 4 nitrogen and oxygen atoms in total. The summed E-state index contributed by atoms with van der Waals surface area (Å²) in [6.45, 7) is 28.0. The number of carbonyl (C=O) groups excluding carboxylic acids is 2. The van der Waals surface area contributed by atoms with Gasteiger partial charge in [-0.25, -0.2) is 0 Å². The molecule has 2 fully saturated rings. The van der Waals surface area contributed by atoms with Crippen molar-refractivity contribution in [3.8, 4) is 0 Å². The van der Waals surface area contributed by atoms with Crippen LogP contribution in [0.2, 0.25) is 0 Å². The van der Waals surface area contributed by atoms with Crippen molar-refractivity contribution in [1.82, 2.24) is 8.80 Å². The van der Waals surface area contributed by atoms with Gasteiger partial charge in [0.05, 0.1) is 33.1 Å². The van der Waals surface area contributed by atoms with E-state index in [4.69, 9.17) is 0 Å². The minimum atomic E-state index is -0.313. The highest BCUT2D eigenvalue weighted by molar-refractivity contribution is 6.30. The fourth-order valence-electron chi connectivity index (χ4n) is 14.7. The van der Waals surface area contributed by atoms with Gasteiger partial charge in [0.15, 0.2) is 11.6 Å². The molecule has 6 aliphatic carbocycles. The lowest BCUT2D eigenvalue weighted by atomic mass is 9.60. The fourth-order valence-corrected chi connectivity index (χ4v) is 14.7. The highest BCUT2D eigenvalue weighted by atomic mass is 16.1. The first-order valence-electron chi connectivity index (χ1n) is 24.7. The average Bonchev–Trinajstić information content (AvgIpc) is 3.90. The highest BCUT2D eigenvalue weighted by Gasteiger charge is 2.53. The molecule has 64 heavy (non-hydrogen) atoms. The summed E-state index contributed by atoms with van der Waals surface area (Å²) in [4.78, 5) is 29.7. The van der Waals surface area contributed by atoms with E-state index in [0.717, 1.165) is 73.5 Å². The Morgan fingerprint density at radius 1 is 0.422 bits per heavy atom. The Labute approximate surface area is 377 Å². The van der Waals surface area contributed by atoms with Gasteiger partial charge in [0.25, 0.3) is 0 Å². The maximum absolute atomic E-state index is 14.9. The number of rotatable bonds is 2. The van der Waals surface area contributed by atoms with Crippen LogP contribution in [-0.4, -0.2) is 20.4 Å². The molecule has 4 aromatic heterocycles. The molecule has 4 heteroatoms. The van der Waals surface area contributed by atoms with Crippen molar-refractivity contribution >= 4 is 87.8 Å². The van der Waals surface area contributed by atoms with Gasteiger partial charge in [0.1, 0.15) is 0 Å². The van der Waals surface area contributed by atoms with Crippen molar-refractivity contribution in [2.45, 2.75) is 156 Å². The molecule has 5 aromatic carbocycles. The van der Waals surface area contributed by atoms with Crippen molar-refractivity contribution < 1.29 is 9.59 Å². The largest absolute Gasteiger partial charge is 0.308 e. The van der Waals surface area contributed by atoms with E-state index in [-0.39, 0.29) is 32.5 Å². The molecule has 0 spiro atoms. The summed E-state index contributed by atoms with van der Waals surface area (Å²) < 4.78 is 5.06. The summed E-state index contributed by atoms with van der Waals surface area (Å²) >= 11 is 0. The molecular weight excluding hydrogens is 781 g/mol. The average molecular weight is 845 g/mol. The topological polar surface area (TPSA) is 43.0 Å². The van der Waals surface area contributed by atoms with E-state index in [0.29, 0.717) is 23.4 Å². The number of ketones is 2. The predicted molar refractivity (Wildman–Crippen MR) is 268 cm³/mol. The van der Waals surface area contributed by atoms with Gasteiger partial charge in [0, 0.05) is 65.0 Å². The second-order valence-corrected chi connectivity index (χ2v) is 25.1. The molecule has 0 radical (unpaired) electrons. The summed E-state index contributed by atoms with van der Waals surface area (Å²) in [5.74, 6) is 1.58. The SMILES string of the molecule is CC(C)C12CCC(C)(CC1)C(=O)c1cc3c(cc12)c1cc(C(C)(C)C)cc2c4cc5c(cc4n3c12)c1cc(C(C)(C)C)cc2c3cc4c(cc3n5c21)C(=O)C1(C)CCC4(C(C)C)CC1. The van der Waals surface area contributed by atoms with Gasteiger partial charge < -0.3 is 8.80 Å². The molecule has 2 saturated carbocycles. The number of carbonyl (C=O) groups is 2. The molecule has 0 amide bonds. The lowest BCUT2D eigenvalue weighted by Crippen LogP contribution is -2.38. The van der Waals surface area contributed by atoms with Gasteiger partial charge in [0.2, 0.25) is 0 Å². The summed E-state index contributed by atoms with van der Waals surface area (Å²) in [6, 6.07) is 24.5. The molecule has 15 rings (SSSR count). The van der Waals surface area contributed by atoms with E-state index in [1.165, 1.54) is 87.4 Å². The molecule has 0 N–H and O–H groups in total. The number of hydrogen-bond acceptors (Lipinski definition) is 2. The summed E-state index contributed by atoms with van der Waals surface area (Å²) in [5.41, 5.74) is 13.6. The van der Waals surface area contributed by atoms with Crippen LogP contribution < -0.4 is 0 Å². The number of benzene rings is 5. The van der Waals surface area contributed by atoms with Crippen molar-refractivity contribution in [2.24, 2.45) is 22.7 Å². The molecule has 6 aliphatic rings. The molecule has 0 saturated heterocycles. The van der Waals surface area contributed by atoms with Gasteiger partial charge in [-0.2, -0.15) is 0 Å². The van der Waals surface area contributed by atoms with Crippen LogP contribution in [0, 0.1) is 22.7 Å². The molecular formula is C60H64N2O2. The van der Waals surface area contributed by atoms with Gasteiger partial charge in [-0.05, 0) is 168 Å². The molecule has 326 valence electrons. The first kappa shape index (κ1) is 39.4. The van der Waals surface area contributed by atoms with E-state index in [2.05, 4.69) is 153 Å². The number of aromatic nitrogens is 2. The van der Waals surface area contributed by atoms with E-state index >= 15 is 0 Å². The summed E-state index contributed by atoms with van der Waals surface area (Å²) in [7, 11) is 0. The number of hydrogen-bond donors (Lipinski definition) is 0. The minimum absolute atomic E-state index is 0.00621. The first-order chi connectivity index (χ1) is 30.1. The van der Waals surface area contributed by atoms with Gasteiger partial charge >= 0.3 is 0 Å². The zero-order chi connectivity index (χ0) is 44.7. The Hall–Kier alpha value is -4.96. The van der Waals surface area contributed by atoms with Crippen LogP contribution in [-0.2, 0) is 21.7 Å². The van der Waals surface area contributed by atoms with Gasteiger partial charge in [-0.3, -0.25) is 9.59 Å². The van der Waals surface area contributed by atoms with E-state index < -0.39 is 0 Å². The predicted octanol–water partition coefficient (Wildman–Crippen LogP) is 15.9. The smallest absolute Gasteiger partial charge is 0.169 e. The monoisotopic (exact) mass is 844 g/mol. The van der Waals surface area contributed by atoms with Crippen LogP contribution >= 0.6 is 0 Å². The summed E-state index contributed by atoms with van der Waals surface area (Å²) in [6.07, 6.45) is 8.14. The van der Waals surface area contributed by atoms with Gasteiger partial charge in [-0.15, -0.1) is 0 Å². The normalized spacial score (nSPS) is 26.5. The van der Waals surface area contributed by atoms with Crippen LogP contribution in [0.15, 0.2) is 60.7 Å². The molecule has 4 heterocycles. The standard InChI is InChI=1S/C60H64N2O2/c1-31(2)59-17-13-57(11,14-18-59)53(63)43-29-49-35(25-45(43)59)39-21-33(55(5,6)7)23-41-37-28-48-38(27-47(37)61(49)51(39)41)42-24-34(56(8,9)10)22-40-36-26-46-44(30-50(36)62(48)52(40)42)54(64)58(12)15-19-60(46,20-16-58)32(3)4/h21-32H,13-20H2,1-12H3.